The number of aliphatic hydroxyl groups is 1. The third-order valence-corrected chi connectivity index (χ3v) is 4.98. The summed E-state index contributed by atoms with van der Waals surface area (Å²) < 4.78 is 12.7. The smallest absolute Gasteiger partial charge is 0.123 e. The number of halogens is 1. The minimum atomic E-state index is -0.317. The Labute approximate surface area is 113 Å². The van der Waals surface area contributed by atoms with E-state index in [-0.39, 0.29) is 11.9 Å². The molecule has 1 fully saturated rings. The zero-order valence-electron chi connectivity index (χ0n) is 10.6. The van der Waals surface area contributed by atoms with E-state index in [0.717, 1.165) is 16.6 Å². The minimum Gasteiger partial charge on any atom is -0.392 e. The van der Waals surface area contributed by atoms with Crippen molar-refractivity contribution in [3.8, 4) is 0 Å². The Morgan fingerprint density at radius 3 is 2.50 bits per heavy atom. The predicted molar refractivity (Wildman–Crippen MR) is 75.4 cm³/mol. The molecule has 0 bridgehead atoms. The molecular formula is C15H21FOS. The van der Waals surface area contributed by atoms with Gasteiger partial charge in [0.15, 0.2) is 0 Å². The van der Waals surface area contributed by atoms with Crippen LogP contribution in [-0.2, 0) is 6.42 Å². The van der Waals surface area contributed by atoms with E-state index in [4.69, 9.17) is 0 Å². The molecule has 0 heterocycles. The summed E-state index contributed by atoms with van der Waals surface area (Å²) >= 11 is 1.90. The Hall–Kier alpha value is -0.540. The van der Waals surface area contributed by atoms with Crippen LogP contribution in [0.2, 0.25) is 0 Å². The van der Waals surface area contributed by atoms with Gasteiger partial charge in [-0.25, -0.2) is 4.39 Å². The fraction of sp³-hybridized carbons (Fsp3) is 0.600. The molecule has 2 rings (SSSR count). The van der Waals surface area contributed by atoms with Crippen LogP contribution in [0, 0.1) is 5.82 Å². The van der Waals surface area contributed by atoms with Crippen LogP contribution in [0.1, 0.15) is 37.7 Å². The van der Waals surface area contributed by atoms with Gasteiger partial charge in [0.1, 0.15) is 5.82 Å². The Balaban J connectivity index is 1.71. The zero-order chi connectivity index (χ0) is 12.8. The third-order valence-electron chi connectivity index (χ3n) is 3.46. The van der Waals surface area contributed by atoms with Crippen LogP contribution >= 0.6 is 11.8 Å². The van der Waals surface area contributed by atoms with Crippen LogP contribution < -0.4 is 0 Å². The van der Waals surface area contributed by atoms with Gasteiger partial charge in [0.2, 0.25) is 0 Å². The van der Waals surface area contributed by atoms with Crippen molar-refractivity contribution in [2.45, 2.75) is 49.9 Å². The highest BCUT2D eigenvalue weighted by Crippen LogP contribution is 2.28. The highest BCUT2D eigenvalue weighted by atomic mass is 32.2. The fourth-order valence-corrected chi connectivity index (χ4v) is 3.71. The molecule has 0 spiro atoms. The molecule has 0 radical (unpaired) electrons. The van der Waals surface area contributed by atoms with Crippen LogP contribution in [0.4, 0.5) is 4.39 Å². The lowest BCUT2D eigenvalue weighted by molar-refractivity contribution is 0.200. The standard InChI is InChI=1S/C15H21FOS/c16-13-8-6-12(7-9-13)10-14(17)11-18-15-4-2-1-3-5-15/h6-9,14-15,17H,1-5,10-11H2. The SMILES string of the molecule is OC(CSC1CCCCC1)Cc1ccc(F)cc1. The molecule has 0 saturated heterocycles. The highest BCUT2D eigenvalue weighted by Gasteiger charge is 2.15. The highest BCUT2D eigenvalue weighted by molar-refractivity contribution is 7.99. The summed E-state index contributed by atoms with van der Waals surface area (Å²) in [5, 5.41) is 10.7. The van der Waals surface area contributed by atoms with Crippen LogP contribution in [0.15, 0.2) is 24.3 Å². The van der Waals surface area contributed by atoms with Crippen LogP contribution in [0.25, 0.3) is 0 Å². The number of rotatable bonds is 5. The predicted octanol–water partition coefficient (Wildman–Crippen LogP) is 3.80. The van der Waals surface area contributed by atoms with Gasteiger partial charge in [-0.15, -0.1) is 0 Å². The van der Waals surface area contributed by atoms with Crippen molar-refractivity contribution in [3.63, 3.8) is 0 Å². The maximum absolute atomic E-state index is 12.7. The molecule has 1 atom stereocenters. The number of hydrogen-bond donors (Lipinski definition) is 1. The molecule has 1 aromatic rings. The Morgan fingerprint density at radius 2 is 1.83 bits per heavy atom. The maximum atomic E-state index is 12.7. The number of hydrogen-bond acceptors (Lipinski definition) is 2. The average Bonchev–Trinajstić information content (AvgIpc) is 2.40. The van der Waals surface area contributed by atoms with Gasteiger partial charge >= 0.3 is 0 Å². The number of aliphatic hydroxyl groups excluding tert-OH is 1. The lowest BCUT2D eigenvalue weighted by Gasteiger charge is -2.22. The molecule has 1 N–H and O–H groups in total. The van der Waals surface area contributed by atoms with E-state index in [1.807, 2.05) is 11.8 Å². The van der Waals surface area contributed by atoms with Crippen molar-refractivity contribution in [1.29, 1.82) is 0 Å². The second-order valence-electron chi connectivity index (χ2n) is 5.08. The first kappa shape index (κ1) is 13.9. The summed E-state index contributed by atoms with van der Waals surface area (Å²) in [5.41, 5.74) is 1.01. The van der Waals surface area contributed by atoms with E-state index >= 15 is 0 Å². The Morgan fingerprint density at radius 1 is 1.17 bits per heavy atom. The van der Waals surface area contributed by atoms with Crippen LogP contribution in [0.3, 0.4) is 0 Å². The average molecular weight is 268 g/mol. The quantitative estimate of drug-likeness (QED) is 0.876. The summed E-state index contributed by atoms with van der Waals surface area (Å²) in [6.07, 6.45) is 6.96. The summed E-state index contributed by atoms with van der Waals surface area (Å²) in [4.78, 5) is 0. The Kier molecular flexibility index (Phi) is 5.51. The first-order valence-electron chi connectivity index (χ1n) is 6.78. The molecule has 0 aliphatic heterocycles. The van der Waals surface area contributed by atoms with Gasteiger partial charge in [-0.1, -0.05) is 31.4 Å². The maximum Gasteiger partial charge on any atom is 0.123 e. The van der Waals surface area contributed by atoms with Gasteiger partial charge < -0.3 is 5.11 Å². The number of benzene rings is 1. The lowest BCUT2D eigenvalue weighted by atomic mass is 10.0. The van der Waals surface area contributed by atoms with E-state index in [2.05, 4.69) is 0 Å². The van der Waals surface area contributed by atoms with Crippen molar-refractivity contribution < 1.29 is 9.50 Å². The van der Waals surface area contributed by atoms with Crippen molar-refractivity contribution >= 4 is 11.8 Å². The van der Waals surface area contributed by atoms with Gasteiger partial charge in [-0.3, -0.25) is 0 Å². The second-order valence-corrected chi connectivity index (χ2v) is 6.41. The van der Waals surface area contributed by atoms with Crippen molar-refractivity contribution in [3.05, 3.63) is 35.6 Å². The molecule has 3 heteroatoms. The zero-order valence-corrected chi connectivity index (χ0v) is 11.5. The van der Waals surface area contributed by atoms with Gasteiger partial charge in [0.25, 0.3) is 0 Å². The monoisotopic (exact) mass is 268 g/mol. The van der Waals surface area contributed by atoms with E-state index in [9.17, 15) is 9.50 Å². The Bertz CT molecular complexity index is 346. The van der Waals surface area contributed by atoms with Gasteiger partial charge in [-0.05, 0) is 37.0 Å². The largest absolute Gasteiger partial charge is 0.392 e. The number of thioether (sulfide) groups is 1. The first-order chi connectivity index (χ1) is 8.74. The summed E-state index contributed by atoms with van der Waals surface area (Å²) in [6, 6.07) is 6.42. The van der Waals surface area contributed by atoms with E-state index in [0.29, 0.717) is 6.42 Å². The normalized spacial score (nSPS) is 18.8. The molecule has 1 saturated carbocycles. The van der Waals surface area contributed by atoms with Crippen molar-refractivity contribution in [2.75, 3.05) is 5.75 Å². The fourth-order valence-electron chi connectivity index (χ4n) is 2.43. The van der Waals surface area contributed by atoms with Gasteiger partial charge in [0, 0.05) is 11.0 Å². The summed E-state index contributed by atoms with van der Waals surface area (Å²) in [6.45, 7) is 0. The molecule has 100 valence electrons. The van der Waals surface area contributed by atoms with Crippen molar-refractivity contribution in [1.82, 2.24) is 0 Å². The van der Waals surface area contributed by atoms with Crippen molar-refractivity contribution in [2.24, 2.45) is 0 Å². The second kappa shape index (κ2) is 7.15. The molecule has 0 aromatic heterocycles. The molecule has 18 heavy (non-hydrogen) atoms. The van der Waals surface area contributed by atoms with Gasteiger partial charge in [0.05, 0.1) is 6.10 Å². The summed E-state index contributed by atoms with van der Waals surface area (Å²) in [5.74, 6) is 0.576. The molecule has 0 amide bonds. The van der Waals surface area contributed by atoms with E-state index in [1.54, 1.807) is 12.1 Å². The molecule has 1 unspecified atom stereocenters. The van der Waals surface area contributed by atoms with Crippen LogP contribution in [0.5, 0.6) is 0 Å². The third kappa shape index (κ3) is 4.62. The summed E-state index contributed by atoms with van der Waals surface area (Å²) in [7, 11) is 0. The minimum absolute atomic E-state index is 0.218. The topological polar surface area (TPSA) is 20.2 Å². The van der Waals surface area contributed by atoms with E-state index in [1.165, 1.54) is 44.2 Å². The van der Waals surface area contributed by atoms with Gasteiger partial charge in [-0.2, -0.15) is 11.8 Å². The molecule has 1 nitrogen and oxygen atoms in total. The lowest BCUT2D eigenvalue weighted by Crippen LogP contribution is -2.17. The molecule has 1 aliphatic carbocycles. The molecule has 1 aliphatic rings. The molecule has 1 aromatic carbocycles. The molecular weight excluding hydrogens is 247 g/mol. The first-order valence-corrected chi connectivity index (χ1v) is 7.83. The van der Waals surface area contributed by atoms with E-state index < -0.39 is 0 Å². The van der Waals surface area contributed by atoms with Crippen LogP contribution in [-0.4, -0.2) is 22.2 Å².